The van der Waals surface area contributed by atoms with E-state index in [4.69, 9.17) is 4.74 Å². The minimum absolute atomic E-state index is 0.120. The van der Waals surface area contributed by atoms with Gasteiger partial charge >= 0.3 is 0 Å². The van der Waals surface area contributed by atoms with Gasteiger partial charge in [0.05, 0.1) is 18.1 Å². The molecular formula is C19H18N2O3. The fourth-order valence-electron chi connectivity index (χ4n) is 3.93. The standard InChI is InChI=1S/C19H18N2O3/c1-24-18-8-3-2-5-15(18)19-14-7-4-6-13(14)16-11-12(21(22)23)9-10-17(16)20-19/h2-6,8-11,13-14,19-20H,7H2,1H3/t13-,14-,19-/m0/s1. The first-order valence-corrected chi connectivity index (χ1v) is 8.03. The Bertz CT molecular complexity index is 831. The Morgan fingerprint density at radius 3 is 2.83 bits per heavy atom. The van der Waals surface area contributed by atoms with Gasteiger partial charge < -0.3 is 10.1 Å². The number of hydrogen-bond donors (Lipinski definition) is 1. The highest BCUT2D eigenvalue weighted by molar-refractivity contribution is 5.63. The lowest BCUT2D eigenvalue weighted by Gasteiger charge is -2.37. The smallest absolute Gasteiger partial charge is 0.269 e. The summed E-state index contributed by atoms with van der Waals surface area (Å²) in [6, 6.07) is 13.2. The molecule has 0 spiro atoms. The summed E-state index contributed by atoms with van der Waals surface area (Å²) in [4.78, 5) is 10.8. The van der Waals surface area contributed by atoms with Gasteiger partial charge in [0.1, 0.15) is 5.75 Å². The number of nitrogens with zero attached hydrogens (tertiary/aromatic N) is 1. The Labute approximate surface area is 140 Å². The fourth-order valence-corrected chi connectivity index (χ4v) is 3.93. The largest absolute Gasteiger partial charge is 0.496 e. The lowest BCUT2D eigenvalue weighted by Crippen LogP contribution is -2.29. The quantitative estimate of drug-likeness (QED) is 0.516. The minimum atomic E-state index is -0.333. The van der Waals surface area contributed by atoms with Crippen molar-refractivity contribution in [1.29, 1.82) is 0 Å². The fraction of sp³-hybridized carbons (Fsp3) is 0.263. The second-order valence-corrected chi connectivity index (χ2v) is 6.25. The van der Waals surface area contributed by atoms with E-state index in [0.717, 1.165) is 29.0 Å². The average Bonchev–Trinajstić information content (AvgIpc) is 3.10. The Hall–Kier alpha value is -2.82. The van der Waals surface area contributed by atoms with Crippen LogP contribution in [0.15, 0.2) is 54.6 Å². The lowest BCUT2D eigenvalue weighted by atomic mass is 9.76. The van der Waals surface area contributed by atoms with Gasteiger partial charge in [-0.3, -0.25) is 10.1 Å². The predicted octanol–water partition coefficient (Wildman–Crippen LogP) is 4.43. The van der Waals surface area contributed by atoms with Crippen LogP contribution in [0.3, 0.4) is 0 Å². The van der Waals surface area contributed by atoms with E-state index in [-0.39, 0.29) is 22.6 Å². The molecule has 1 heterocycles. The first kappa shape index (κ1) is 14.8. The van der Waals surface area contributed by atoms with E-state index in [9.17, 15) is 10.1 Å². The predicted molar refractivity (Wildman–Crippen MR) is 92.4 cm³/mol. The Morgan fingerprint density at radius 1 is 1.21 bits per heavy atom. The van der Waals surface area contributed by atoms with Crippen LogP contribution in [-0.4, -0.2) is 12.0 Å². The normalized spacial score (nSPS) is 24.0. The van der Waals surface area contributed by atoms with Crippen LogP contribution >= 0.6 is 0 Å². The number of nitro benzene ring substituents is 1. The molecule has 5 heteroatoms. The molecule has 2 aromatic carbocycles. The summed E-state index contributed by atoms with van der Waals surface area (Å²) >= 11 is 0. The van der Waals surface area contributed by atoms with Crippen molar-refractivity contribution in [3.63, 3.8) is 0 Å². The Morgan fingerprint density at radius 2 is 2.04 bits per heavy atom. The van der Waals surface area contributed by atoms with Crippen molar-refractivity contribution in [2.45, 2.75) is 18.4 Å². The summed E-state index contributed by atoms with van der Waals surface area (Å²) in [5, 5.41) is 14.7. The number of anilines is 1. The highest BCUT2D eigenvalue weighted by Gasteiger charge is 2.39. The number of non-ortho nitro benzene ring substituents is 1. The van der Waals surface area contributed by atoms with Gasteiger partial charge in [-0.05, 0) is 30.0 Å². The number of nitrogens with one attached hydrogen (secondary N) is 1. The molecule has 0 aromatic heterocycles. The molecule has 1 N–H and O–H groups in total. The zero-order chi connectivity index (χ0) is 16.7. The van der Waals surface area contributed by atoms with Crippen molar-refractivity contribution in [1.82, 2.24) is 0 Å². The van der Waals surface area contributed by atoms with Crippen molar-refractivity contribution in [2.75, 3.05) is 12.4 Å². The van der Waals surface area contributed by atoms with Crippen molar-refractivity contribution >= 4 is 11.4 Å². The molecule has 0 unspecified atom stereocenters. The summed E-state index contributed by atoms with van der Waals surface area (Å²) in [5.41, 5.74) is 3.24. The number of nitro groups is 1. The van der Waals surface area contributed by atoms with Crippen LogP contribution in [0.25, 0.3) is 0 Å². The number of methoxy groups -OCH3 is 1. The van der Waals surface area contributed by atoms with Crippen LogP contribution in [0.4, 0.5) is 11.4 Å². The van der Waals surface area contributed by atoms with E-state index in [1.54, 1.807) is 19.2 Å². The highest BCUT2D eigenvalue weighted by atomic mass is 16.6. The molecule has 1 aliphatic heterocycles. The van der Waals surface area contributed by atoms with Gasteiger partial charge in [0.25, 0.3) is 5.69 Å². The van der Waals surface area contributed by atoms with E-state index in [1.807, 2.05) is 24.3 Å². The van der Waals surface area contributed by atoms with Crippen molar-refractivity contribution in [3.05, 3.63) is 75.9 Å². The second-order valence-electron chi connectivity index (χ2n) is 6.25. The average molecular weight is 322 g/mol. The van der Waals surface area contributed by atoms with Crippen LogP contribution in [0.5, 0.6) is 5.75 Å². The number of para-hydroxylation sites is 1. The lowest BCUT2D eigenvalue weighted by molar-refractivity contribution is -0.384. The van der Waals surface area contributed by atoms with Crippen molar-refractivity contribution < 1.29 is 9.66 Å². The molecule has 2 aliphatic rings. The van der Waals surface area contributed by atoms with Gasteiger partial charge in [-0.1, -0.05) is 30.4 Å². The van der Waals surface area contributed by atoms with Gasteiger partial charge in [0, 0.05) is 29.3 Å². The summed E-state index contributed by atoms with van der Waals surface area (Å²) in [5.74, 6) is 1.39. The summed E-state index contributed by atoms with van der Waals surface area (Å²) in [7, 11) is 1.68. The number of allylic oxidation sites excluding steroid dienone is 2. The number of fused-ring (bicyclic) bond motifs is 3. The van der Waals surface area contributed by atoms with Crippen LogP contribution < -0.4 is 10.1 Å². The molecule has 5 nitrogen and oxygen atoms in total. The SMILES string of the molecule is COc1ccccc1[C@H]1Nc2ccc([N+](=O)[O-])cc2[C@H]2C=CC[C@@H]21. The molecule has 0 saturated carbocycles. The topological polar surface area (TPSA) is 64.4 Å². The van der Waals surface area contributed by atoms with Crippen LogP contribution in [-0.2, 0) is 0 Å². The molecule has 1 aliphatic carbocycles. The Balaban J connectivity index is 1.80. The third-order valence-corrected chi connectivity index (χ3v) is 5.03. The summed E-state index contributed by atoms with van der Waals surface area (Å²) in [6.45, 7) is 0. The number of hydrogen-bond acceptors (Lipinski definition) is 4. The molecule has 0 bridgehead atoms. The molecule has 3 atom stereocenters. The first-order chi connectivity index (χ1) is 11.7. The van der Waals surface area contributed by atoms with Gasteiger partial charge in [0.2, 0.25) is 0 Å². The third kappa shape index (κ3) is 2.24. The highest BCUT2D eigenvalue weighted by Crippen LogP contribution is 2.51. The maximum absolute atomic E-state index is 11.1. The second kappa shape index (κ2) is 5.67. The molecule has 24 heavy (non-hydrogen) atoms. The molecule has 0 amide bonds. The van der Waals surface area contributed by atoms with Gasteiger partial charge in [0.15, 0.2) is 0 Å². The van der Waals surface area contributed by atoms with Crippen LogP contribution in [0.1, 0.15) is 29.5 Å². The molecule has 0 fully saturated rings. The molecule has 4 rings (SSSR count). The maximum atomic E-state index is 11.1. The minimum Gasteiger partial charge on any atom is -0.496 e. The Kier molecular flexibility index (Phi) is 3.49. The van der Waals surface area contributed by atoms with Crippen LogP contribution in [0.2, 0.25) is 0 Å². The molecule has 2 aromatic rings. The molecule has 0 saturated heterocycles. The number of benzene rings is 2. The van der Waals surface area contributed by atoms with Crippen LogP contribution in [0, 0.1) is 16.0 Å². The first-order valence-electron chi connectivity index (χ1n) is 8.03. The third-order valence-electron chi connectivity index (χ3n) is 5.03. The van der Waals surface area contributed by atoms with Gasteiger partial charge in [-0.15, -0.1) is 0 Å². The van der Waals surface area contributed by atoms with E-state index < -0.39 is 0 Å². The van der Waals surface area contributed by atoms with Crippen molar-refractivity contribution in [2.24, 2.45) is 5.92 Å². The monoisotopic (exact) mass is 322 g/mol. The van der Waals surface area contributed by atoms with E-state index in [1.165, 1.54) is 0 Å². The number of rotatable bonds is 3. The maximum Gasteiger partial charge on any atom is 0.269 e. The van der Waals surface area contributed by atoms with E-state index in [0.29, 0.717) is 5.92 Å². The van der Waals surface area contributed by atoms with Gasteiger partial charge in [-0.2, -0.15) is 0 Å². The zero-order valence-electron chi connectivity index (χ0n) is 13.3. The van der Waals surface area contributed by atoms with E-state index >= 15 is 0 Å². The number of ether oxygens (including phenoxy) is 1. The van der Waals surface area contributed by atoms with E-state index in [2.05, 4.69) is 23.5 Å². The van der Waals surface area contributed by atoms with Crippen molar-refractivity contribution in [3.8, 4) is 5.75 Å². The van der Waals surface area contributed by atoms with Gasteiger partial charge in [-0.25, -0.2) is 0 Å². The molecule has 122 valence electrons. The summed E-state index contributed by atoms with van der Waals surface area (Å²) < 4.78 is 5.54. The molecule has 0 radical (unpaired) electrons. The summed E-state index contributed by atoms with van der Waals surface area (Å²) in [6.07, 6.45) is 5.30. The molecular weight excluding hydrogens is 304 g/mol. The zero-order valence-corrected chi connectivity index (χ0v) is 13.3.